The number of thiophene rings is 2. The van der Waals surface area contributed by atoms with Crippen LogP contribution >= 0.6 is 34.4 Å². The Balaban J connectivity index is 1.15. The SMILES string of the molecule is O=c1c(CN2CCCCC2)cnc(NCCSCc2ccc(CN3CCCC3)s2)n1Cc1cccs1. The Morgan fingerprint density at radius 3 is 2.42 bits per heavy atom. The number of likely N-dealkylation sites (tertiary alicyclic amines) is 2. The van der Waals surface area contributed by atoms with Gasteiger partial charge in [0.2, 0.25) is 5.95 Å². The summed E-state index contributed by atoms with van der Waals surface area (Å²) in [5.74, 6) is 2.70. The Labute approximate surface area is 226 Å². The van der Waals surface area contributed by atoms with Gasteiger partial charge in [0.25, 0.3) is 5.56 Å². The number of rotatable bonds is 12. The normalized spacial score (nSPS) is 17.1. The number of nitrogens with one attached hydrogen (secondary N) is 1. The van der Waals surface area contributed by atoms with Crippen LogP contribution in [0.1, 0.15) is 52.3 Å². The van der Waals surface area contributed by atoms with Gasteiger partial charge in [-0.2, -0.15) is 11.8 Å². The maximum atomic E-state index is 13.4. The molecule has 2 aliphatic rings. The van der Waals surface area contributed by atoms with Crippen LogP contribution in [-0.2, 0) is 25.4 Å². The monoisotopic (exact) mass is 543 g/mol. The van der Waals surface area contributed by atoms with Crippen LogP contribution in [0.25, 0.3) is 0 Å². The molecule has 1 N–H and O–H groups in total. The van der Waals surface area contributed by atoms with E-state index in [0.717, 1.165) is 43.2 Å². The highest BCUT2D eigenvalue weighted by molar-refractivity contribution is 7.98. The molecule has 194 valence electrons. The van der Waals surface area contributed by atoms with Gasteiger partial charge < -0.3 is 5.32 Å². The van der Waals surface area contributed by atoms with E-state index in [-0.39, 0.29) is 5.56 Å². The van der Waals surface area contributed by atoms with Crippen LogP contribution in [0.2, 0.25) is 0 Å². The first kappa shape index (κ1) is 26.0. The molecule has 2 aliphatic heterocycles. The van der Waals surface area contributed by atoms with Gasteiger partial charge >= 0.3 is 0 Å². The van der Waals surface area contributed by atoms with Gasteiger partial charge in [-0.1, -0.05) is 12.5 Å². The van der Waals surface area contributed by atoms with Crippen molar-refractivity contribution < 1.29 is 0 Å². The second-order valence-corrected chi connectivity index (χ2v) is 13.1. The highest BCUT2D eigenvalue weighted by Crippen LogP contribution is 2.24. The van der Waals surface area contributed by atoms with Crippen LogP contribution in [0.3, 0.4) is 0 Å². The van der Waals surface area contributed by atoms with Crippen molar-refractivity contribution in [3.63, 3.8) is 0 Å². The lowest BCUT2D eigenvalue weighted by Crippen LogP contribution is -2.34. The van der Waals surface area contributed by atoms with Gasteiger partial charge in [-0.05, 0) is 75.4 Å². The van der Waals surface area contributed by atoms with Crippen molar-refractivity contribution >= 4 is 40.4 Å². The molecule has 0 unspecified atom stereocenters. The molecule has 3 aromatic rings. The van der Waals surface area contributed by atoms with E-state index in [4.69, 9.17) is 4.98 Å². The molecule has 0 radical (unpaired) electrons. The molecule has 5 heterocycles. The second kappa shape index (κ2) is 13.2. The molecule has 6 nitrogen and oxygen atoms in total. The van der Waals surface area contributed by atoms with Crippen LogP contribution < -0.4 is 10.9 Å². The molecule has 0 atom stereocenters. The fourth-order valence-electron chi connectivity index (χ4n) is 5.00. The minimum Gasteiger partial charge on any atom is -0.355 e. The van der Waals surface area contributed by atoms with Crippen molar-refractivity contribution in [3.8, 4) is 0 Å². The van der Waals surface area contributed by atoms with E-state index < -0.39 is 0 Å². The minimum absolute atomic E-state index is 0.0863. The maximum Gasteiger partial charge on any atom is 0.259 e. The number of aromatic nitrogens is 2. The van der Waals surface area contributed by atoms with Gasteiger partial charge in [-0.25, -0.2) is 4.98 Å². The number of nitrogens with zero attached hydrogens (tertiary/aromatic N) is 4. The lowest BCUT2D eigenvalue weighted by molar-refractivity contribution is 0.219. The molecule has 0 aromatic carbocycles. The van der Waals surface area contributed by atoms with E-state index in [0.29, 0.717) is 19.0 Å². The van der Waals surface area contributed by atoms with Crippen molar-refractivity contribution in [2.24, 2.45) is 0 Å². The van der Waals surface area contributed by atoms with E-state index >= 15 is 0 Å². The predicted octanol–water partition coefficient (Wildman–Crippen LogP) is 5.34. The largest absolute Gasteiger partial charge is 0.355 e. The first-order valence-corrected chi connectivity index (χ1v) is 16.0. The fourth-order valence-corrected chi connectivity index (χ4v) is 7.72. The molecule has 5 rings (SSSR count). The van der Waals surface area contributed by atoms with Crippen LogP contribution in [0.15, 0.2) is 40.6 Å². The third kappa shape index (κ3) is 7.22. The third-order valence-electron chi connectivity index (χ3n) is 6.92. The summed E-state index contributed by atoms with van der Waals surface area (Å²) in [6, 6.07) is 8.72. The molecule has 2 saturated heterocycles. The Hall–Kier alpha value is -1.65. The highest BCUT2D eigenvalue weighted by Gasteiger charge is 2.16. The van der Waals surface area contributed by atoms with Gasteiger partial charge in [0.1, 0.15) is 0 Å². The predicted molar refractivity (Wildman–Crippen MR) is 155 cm³/mol. The molecule has 0 bridgehead atoms. The summed E-state index contributed by atoms with van der Waals surface area (Å²) in [7, 11) is 0. The van der Waals surface area contributed by atoms with Gasteiger partial charge in [-0.15, -0.1) is 22.7 Å². The number of anilines is 1. The molecule has 0 aliphatic carbocycles. The standard InChI is InChI=1S/C27H37N5OS3/c33-26-22(18-30-11-2-1-3-12-30)17-29-27(32(26)20-23-7-6-15-35-23)28-10-16-34-21-25-9-8-24(36-25)19-31-13-4-5-14-31/h6-9,15,17H,1-5,10-14,16,18-21H2,(H,28,29). The van der Waals surface area contributed by atoms with Gasteiger partial charge in [0.15, 0.2) is 0 Å². The number of hydrogen-bond donors (Lipinski definition) is 1. The fraction of sp³-hybridized carbons (Fsp3) is 0.556. The average Bonchev–Trinajstić information content (AvgIpc) is 3.68. The maximum absolute atomic E-state index is 13.4. The van der Waals surface area contributed by atoms with E-state index in [1.165, 1.54) is 59.8 Å². The van der Waals surface area contributed by atoms with Crippen molar-refractivity contribution in [2.75, 3.05) is 43.8 Å². The lowest BCUT2D eigenvalue weighted by atomic mass is 10.1. The molecule has 9 heteroatoms. The number of hydrogen-bond acceptors (Lipinski definition) is 8. The zero-order valence-corrected chi connectivity index (χ0v) is 23.4. The van der Waals surface area contributed by atoms with Gasteiger partial charge in [0, 0.05) is 57.5 Å². The molecule has 2 fully saturated rings. The van der Waals surface area contributed by atoms with Crippen molar-refractivity contribution in [1.82, 2.24) is 19.4 Å². The summed E-state index contributed by atoms with van der Waals surface area (Å²) in [6.45, 7) is 7.82. The summed E-state index contributed by atoms with van der Waals surface area (Å²) < 4.78 is 1.83. The zero-order valence-electron chi connectivity index (χ0n) is 21.0. The van der Waals surface area contributed by atoms with Crippen LogP contribution in [0.5, 0.6) is 0 Å². The zero-order chi connectivity index (χ0) is 24.6. The average molecular weight is 544 g/mol. The number of piperidine rings is 1. The van der Waals surface area contributed by atoms with Gasteiger partial charge in [-0.3, -0.25) is 19.2 Å². The molecule has 3 aromatic heterocycles. The second-order valence-electron chi connectivity index (χ2n) is 9.75. The molecular weight excluding hydrogens is 507 g/mol. The Morgan fingerprint density at radius 2 is 1.64 bits per heavy atom. The van der Waals surface area contributed by atoms with Crippen LogP contribution in [0.4, 0.5) is 5.95 Å². The van der Waals surface area contributed by atoms with Crippen molar-refractivity contribution in [3.05, 3.63) is 66.4 Å². The quantitative estimate of drug-likeness (QED) is 0.311. The Bertz CT molecular complexity index is 1130. The van der Waals surface area contributed by atoms with E-state index in [9.17, 15) is 4.79 Å². The summed E-state index contributed by atoms with van der Waals surface area (Å²) in [6.07, 6.45) is 8.23. The Kier molecular flexibility index (Phi) is 9.55. The lowest BCUT2D eigenvalue weighted by Gasteiger charge is -2.26. The number of thioether (sulfide) groups is 1. The van der Waals surface area contributed by atoms with E-state index in [1.807, 2.05) is 33.7 Å². The van der Waals surface area contributed by atoms with Crippen LogP contribution in [0, 0.1) is 0 Å². The molecule has 0 amide bonds. The topological polar surface area (TPSA) is 53.4 Å². The van der Waals surface area contributed by atoms with E-state index in [1.54, 1.807) is 17.5 Å². The first-order valence-electron chi connectivity index (χ1n) is 13.2. The van der Waals surface area contributed by atoms with E-state index in [2.05, 4.69) is 38.7 Å². The Morgan fingerprint density at radius 1 is 0.889 bits per heavy atom. The third-order valence-corrected chi connectivity index (χ3v) is 10.0. The molecular formula is C27H37N5OS3. The molecule has 0 spiro atoms. The minimum atomic E-state index is 0.0863. The van der Waals surface area contributed by atoms with Crippen LogP contribution in [-0.4, -0.2) is 57.8 Å². The molecule has 36 heavy (non-hydrogen) atoms. The van der Waals surface area contributed by atoms with Crippen molar-refractivity contribution in [2.45, 2.75) is 57.5 Å². The smallest absolute Gasteiger partial charge is 0.259 e. The summed E-state index contributed by atoms with van der Waals surface area (Å²) in [5.41, 5.74) is 0.888. The summed E-state index contributed by atoms with van der Waals surface area (Å²) in [5, 5.41) is 5.52. The first-order chi connectivity index (χ1) is 17.7. The summed E-state index contributed by atoms with van der Waals surface area (Å²) >= 11 is 5.58. The molecule has 0 saturated carbocycles. The van der Waals surface area contributed by atoms with Crippen molar-refractivity contribution in [1.29, 1.82) is 0 Å². The van der Waals surface area contributed by atoms with Gasteiger partial charge in [0.05, 0.1) is 6.54 Å². The summed E-state index contributed by atoms with van der Waals surface area (Å²) in [4.78, 5) is 27.2. The highest BCUT2D eigenvalue weighted by atomic mass is 32.2.